The molecule has 4 heteroatoms. The molecule has 1 aliphatic carbocycles. The van der Waals surface area contributed by atoms with Crippen molar-refractivity contribution in [1.82, 2.24) is 4.90 Å². The normalized spacial score (nSPS) is 16.1. The first-order chi connectivity index (χ1) is 6.74. The van der Waals surface area contributed by atoms with Gasteiger partial charge in [0, 0.05) is 24.9 Å². The van der Waals surface area contributed by atoms with Crippen molar-refractivity contribution in [2.24, 2.45) is 0 Å². The summed E-state index contributed by atoms with van der Waals surface area (Å²) in [5.74, 6) is 1.60. The van der Waals surface area contributed by atoms with Gasteiger partial charge in [0.1, 0.15) is 0 Å². The van der Waals surface area contributed by atoms with E-state index in [0.717, 1.165) is 24.6 Å². The van der Waals surface area contributed by atoms with Gasteiger partial charge in [0.15, 0.2) is 0 Å². The quantitative estimate of drug-likeness (QED) is 0.628. The fourth-order valence-electron chi connectivity index (χ4n) is 1.48. The molecule has 0 aromatic heterocycles. The van der Waals surface area contributed by atoms with Gasteiger partial charge in [0.05, 0.1) is 6.42 Å². The van der Waals surface area contributed by atoms with Crippen LogP contribution in [0.4, 0.5) is 0 Å². The van der Waals surface area contributed by atoms with Crippen LogP contribution in [-0.4, -0.2) is 46.6 Å². The maximum atomic E-state index is 10.4. The van der Waals surface area contributed by atoms with Gasteiger partial charge in [0.25, 0.3) is 0 Å². The standard InChI is InChI=1S/C10H19NO2S/c1-2-14-8-7-11(9-3-4-9)6-5-10(12)13/h9H,2-8H2,1H3,(H,12,13). The van der Waals surface area contributed by atoms with Crippen molar-refractivity contribution in [3.63, 3.8) is 0 Å². The molecule has 0 aromatic carbocycles. The SMILES string of the molecule is CCSCCN(CCC(=O)O)C1CC1. The summed E-state index contributed by atoms with van der Waals surface area (Å²) in [6.07, 6.45) is 2.81. The maximum Gasteiger partial charge on any atom is 0.304 e. The molecule has 1 fully saturated rings. The van der Waals surface area contributed by atoms with E-state index in [2.05, 4.69) is 11.8 Å². The Labute approximate surface area is 89.9 Å². The summed E-state index contributed by atoms with van der Waals surface area (Å²) < 4.78 is 0. The lowest BCUT2D eigenvalue weighted by molar-refractivity contribution is -0.137. The number of carbonyl (C=O) groups is 1. The molecule has 82 valence electrons. The van der Waals surface area contributed by atoms with Gasteiger partial charge in [-0.25, -0.2) is 0 Å². The van der Waals surface area contributed by atoms with E-state index >= 15 is 0 Å². The summed E-state index contributed by atoms with van der Waals surface area (Å²) in [6.45, 7) is 3.93. The first-order valence-corrected chi connectivity index (χ1v) is 6.43. The number of carboxylic acid groups (broad SMARTS) is 1. The van der Waals surface area contributed by atoms with Gasteiger partial charge in [0.2, 0.25) is 0 Å². The topological polar surface area (TPSA) is 40.5 Å². The summed E-state index contributed by atoms with van der Waals surface area (Å²) >= 11 is 1.93. The Morgan fingerprint density at radius 1 is 1.50 bits per heavy atom. The number of rotatable bonds is 8. The van der Waals surface area contributed by atoms with Gasteiger partial charge in [-0.05, 0) is 18.6 Å². The Morgan fingerprint density at radius 2 is 2.21 bits per heavy atom. The van der Waals surface area contributed by atoms with Crippen LogP contribution in [0, 0.1) is 0 Å². The molecule has 0 atom stereocenters. The number of nitrogens with zero attached hydrogens (tertiary/aromatic N) is 1. The molecular formula is C10H19NO2S. The predicted molar refractivity (Wildman–Crippen MR) is 59.8 cm³/mol. The van der Waals surface area contributed by atoms with E-state index in [-0.39, 0.29) is 6.42 Å². The maximum absolute atomic E-state index is 10.4. The summed E-state index contributed by atoms with van der Waals surface area (Å²) in [4.78, 5) is 12.8. The number of thioether (sulfide) groups is 1. The van der Waals surface area contributed by atoms with E-state index in [0.29, 0.717) is 6.04 Å². The molecule has 0 aliphatic heterocycles. The minimum atomic E-state index is -0.682. The van der Waals surface area contributed by atoms with Crippen molar-refractivity contribution >= 4 is 17.7 Å². The third-order valence-electron chi connectivity index (χ3n) is 2.40. The second-order valence-corrected chi connectivity index (χ2v) is 5.00. The van der Waals surface area contributed by atoms with Gasteiger partial charge in [-0.3, -0.25) is 9.69 Å². The summed E-state index contributed by atoms with van der Waals surface area (Å²) in [7, 11) is 0. The Balaban J connectivity index is 2.14. The molecule has 0 saturated heterocycles. The number of hydrogen-bond acceptors (Lipinski definition) is 3. The zero-order valence-corrected chi connectivity index (χ0v) is 9.55. The number of aliphatic carboxylic acids is 1. The molecule has 1 aliphatic rings. The molecule has 1 rings (SSSR count). The van der Waals surface area contributed by atoms with E-state index in [9.17, 15) is 4.79 Å². The largest absolute Gasteiger partial charge is 0.481 e. The van der Waals surface area contributed by atoms with Crippen molar-refractivity contribution in [3.8, 4) is 0 Å². The highest BCUT2D eigenvalue weighted by Gasteiger charge is 2.28. The van der Waals surface area contributed by atoms with E-state index in [1.165, 1.54) is 12.8 Å². The molecule has 0 amide bonds. The zero-order valence-electron chi connectivity index (χ0n) is 8.74. The number of hydrogen-bond donors (Lipinski definition) is 1. The highest BCUT2D eigenvalue weighted by Crippen LogP contribution is 2.26. The van der Waals surface area contributed by atoms with Crippen molar-refractivity contribution < 1.29 is 9.90 Å². The van der Waals surface area contributed by atoms with Crippen molar-refractivity contribution in [2.45, 2.75) is 32.2 Å². The van der Waals surface area contributed by atoms with Crippen LogP contribution in [0.25, 0.3) is 0 Å². The summed E-state index contributed by atoms with van der Waals surface area (Å²) in [5.41, 5.74) is 0. The molecule has 1 saturated carbocycles. The van der Waals surface area contributed by atoms with Crippen LogP contribution in [0.2, 0.25) is 0 Å². The van der Waals surface area contributed by atoms with Crippen LogP contribution in [0.3, 0.4) is 0 Å². The highest BCUT2D eigenvalue weighted by molar-refractivity contribution is 7.99. The van der Waals surface area contributed by atoms with Gasteiger partial charge < -0.3 is 5.11 Å². The van der Waals surface area contributed by atoms with Crippen LogP contribution < -0.4 is 0 Å². The predicted octanol–water partition coefficient (Wildman–Crippen LogP) is 1.68. The van der Waals surface area contributed by atoms with Gasteiger partial charge in [-0.2, -0.15) is 11.8 Å². The summed E-state index contributed by atoms with van der Waals surface area (Å²) in [5, 5.41) is 8.60. The van der Waals surface area contributed by atoms with Crippen molar-refractivity contribution in [1.29, 1.82) is 0 Å². The first kappa shape index (κ1) is 11.9. The van der Waals surface area contributed by atoms with Crippen molar-refractivity contribution in [3.05, 3.63) is 0 Å². The van der Waals surface area contributed by atoms with Crippen LogP contribution >= 0.6 is 11.8 Å². The molecule has 0 bridgehead atoms. The van der Waals surface area contributed by atoms with Crippen LogP contribution in [0.5, 0.6) is 0 Å². The molecule has 0 aromatic rings. The van der Waals surface area contributed by atoms with Gasteiger partial charge >= 0.3 is 5.97 Å². The molecule has 0 spiro atoms. The van der Waals surface area contributed by atoms with Crippen molar-refractivity contribution in [2.75, 3.05) is 24.6 Å². The fraction of sp³-hybridized carbons (Fsp3) is 0.900. The molecule has 0 radical (unpaired) electrons. The monoisotopic (exact) mass is 217 g/mol. The Bertz CT molecular complexity index is 183. The lowest BCUT2D eigenvalue weighted by Gasteiger charge is -2.20. The Hall–Kier alpha value is -0.220. The van der Waals surface area contributed by atoms with E-state index in [1.807, 2.05) is 11.8 Å². The highest BCUT2D eigenvalue weighted by atomic mass is 32.2. The lowest BCUT2D eigenvalue weighted by Crippen LogP contribution is -2.30. The Kier molecular flexibility index (Phi) is 5.33. The van der Waals surface area contributed by atoms with E-state index in [4.69, 9.17) is 5.11 Å². The minimum absolute atomic E-state index is 0.285. The zero-order chi connectivity index (χ0) is 10.4. The Morgan fingerprint density at radius 3 is 2.71 bits per heavy atom. The van der Waals surface area contributed by atoms with Gasteiger partial charge in [-0.15, -0.1) is 0 Å². The third kappa shape index (κ3) is 4.86. The minimum Gasteiger partial charge on any atom is -0.481 e. The van der Waals surface area contributed by atoms with E-state index < -0.39 is 5.97 Å². The van der Waals surface area contributed by atoms with Crippen LogP contribution in [0.1, 0.15) is 26.2 Å². The van der Waals surface area contributed by atoms with E-state index in [1.54, 1.807) is 0 Å². The average Bonchev–Trinajstić information content (AvgIpc) is 2.94. The second-order valence-electron chi connectivity index (χ2n) is 3.61. The van der Waals surface area contributed by atoms with Crippen LogP contribution in [0.15, 0.2) is 0 Å². The molecule has 3 nitrogen and oxygen atoms in total. The second kappa shape index (κ2) is 6.30. The third-order valence-corrected chi connectivity index (χ3v) is 3.28. The lowest BCUT2D eigenvalue weighted by atomic mass is 10.3. The molecule has 0 heterocycles. The number of carboxylic acids is 1. The molecule has 1 N–H and O–H groups in total. The first-order valence-electron chi connectivity index (χ1n) is 5.27. The smallest absolute Gasteiger partial charge is 0.304 e. The van der Waals surface area contributed by atoms with Gasteiger partial charge in [-0.1, -0.05) is 6.92 Å². The molecular weight excluding hydrogens is 198 g/mol. The molecule has 14 heavy (non-hydrogen) atoms. The average molecular weight is 217 g/mol. The summed E-state index contributed by atoms with van der Waals surface area (Å²) in [6, 6.07) is 0.687. The molecule has 0 unspecified atom stereocenters. The fourth-order valence-corrected chi connectivity index (χ4v) is 2.13. The van der Waals surface area contributed by atoms with Crippen LogP contribution in [-0.2, 0) is 4.79 Å².